The lowest BCUT2D eigenvalue weighted by Gasteiger charge is -2.38. The number of nitrogens with one attached hydrogen (secondary N) is 2. The quantitative estimate of drug-likeness (QED) is 0.503. The summed E-state index contributed by atoms with van der Waals surface area (Å²) < 4.78 is 32.2. The highest BCUT2D eigenvalue weighted by atomic mass is 19.1. The lowest BCUT2D eigenvalue weighted by atomic mass is 9.74. The molecule has 0 atom stereocenters. The van der Waals surface area contributed by atoms with E-state index in [-0.39, 0.29) is 28.0 Å². The number of rotatable bonds is 6. The highest BCUT2D eigenvalue weighted by Crippen LogP contribution is 2.34. The van der Waals surface area contributed by atoms with Gasteiger partial charge in [-0.15, -0.1) is 0 Å². The standard InChI is InChI=1S/C26H24F2N2O4/c27-19-12-17(13-20(28)14-19)24(32)30-21-6-7-22(23(31)15-21)25(33)29-16-26(8-10-34-11-9-26)18-4-2-1-3-5-18/h1-7,12-15,31H,8-11,16H2,(H,29,33)(H,30,32). The van der Waals surface area contributed by atoms with Crippen LogP contribution in [0.2, 0.25) is 0 Å². The zero-order valence-electron chi connectivity index (χ0n) is 18.3. The molecule has 8 heteroatoms. The summed E-state index contributed by atoms with van der Waals surface area (Å²) in [6.07, 6.45) is 1.52. The van der Waals surface area contributed by atoms with Gasteiger partial charge in [-0.05, 0) is 42.7 Å². The second-order valence-corrected chi connectivity index (χ2v) is 8.29. The number of hydrogen-bond donors (Lipinski definition) is 3. The molecule has 0 radical (unpaired) electrons. The van der Waals surface area contributed by atoms with E-state index in [1.165, 1.54) is 18.2 Å². The van der Waals surface area contributed by atoms with E-state index in [1.807, 2.05) is 30.3 Å². The largest absolute Gasteiger partial charge is 0.507 e. The van der Waals surface area contributed by atoms with Gasteiger partial charge in [-0.3, -0.25) is 9.59 Å². The maximum absolute atomic E-state index is 13.4. The number of aromatic hydroxyl groups is 1. The van der Waals surface area contributed by atoms with Gasteiger partial charge in [-0.25, -0.2) is 8.78 Å². The molecule has 0 aromatic heterocycles. The van der Waals surface area contributed by atoms with Gasteiger partial charge in [0.05, 0.1) is 5.56 Å². The summed E-state index contributed by atoms with van der Waals surface area (Å²) in [6.45, 7) is 1.57. The van der Waals surface area contributed by atoms with Crippen molar-refractivity contribution in [3.63, 3.8) is 0 Å². The van der Waals surface area contributed by atoms with E-state index in [9.17, 15) is 23.5 Å². The third kappa shape index (κ3) is 5.23. The number of ether oxygens (including phenoxy) is 1. The fraction of sp³-hybridized carbons (Fsp3) is 0.231. The predicted molar refractivity (Wildman–Crippen MR) is 123 cm³/mol. The van der Waals surface area contributed by atoms with Crippen LogP contribution in [0, 0.1) is 11.6 Å². The number of phenols is 1. The monoisotopic (exact) mass is 466 g/mol. The Hall–Kier alpha value is -3.78. The molecule has 0 unspecified atom stereocenters. The summed E-state index contributed by atoms with van der Waals surface area (Å²) in [7, 11) is 0. The Morgan fingerprint density at radius 2 is 1.59 bits per heavy atom. The molecule has 4 rings (SSSR count). The average molecular weight is 466 g/mol. The first-order valence-electron chi connectivity index (χ1n) is 10.9. The number of anilines is 1. The summed E-state index contributed by atoms with van der Waals surface area (Å²) in [4.78, 5) is 25.1. The van der Waals surface area contributed by atoms with E-state index >= 15 is 0 Å². The number of benzene rings is 3. The van der Waals surface area contributed by atoms with E-state index in [0.717, 1.165) is 30.5 Å². The summed E-state index contributed by atoms with van der Waals surface area (Å²) >= 11 is 0. The van der Waals surface area contributed by atoms with Crippen molar-refractivity contribution in [3.8, 4) is 5.75 Å². The Balaban J connectivity index is 1.45. The van der Waals surface area contributed by atoms with Crippen molar-refractivity contribution in [1.29, 1.82) is 0 Å². The number of halogens is 2. The third-order valence-corrected chi connectivity index (χ3v) is 6.05. The first-order chi connectivity index (χ1) is 16.4. The van der Waals surface area contributed by atoms with Crippen LogP contribution in [0.5, 0.6) is 5.75 Å². The molecule has 0 spiro atoms. The van der Waals surface area contributed by atoms with Crippen LogP contribution in [0.1, 0.15) is 39.1 Å². The van der Waals surface area contributed by atoms with Gasteiger partial charge in [0.1, 0.15) is 17.4 Å². The minimum absolute atomic E-state index is 0.0464. The Morgan fingerprint density at radius 3 is 2.24 bits per heavy atom. The topological polar surface area (TPSA) is 87.7 Å². The Bertz CT molecular complexity index is 1170. The van der Waals surface area contributed by atoms with Crippen LogP contribution in [0.3, 0.4) is 0 Å². The summed E-state index contributed by atoms with van der Waals surface area (Å²) in [6, 6.07) is 16.4. The Morgan fingerprint density at radius 1 is 0.912 bits per heavy atom. The van der Waals surface area contributed by atoms with E-state index in [2.05, 4.69) is 10.6 Å². The number of carbonyl (C=O) groups is 2. The minimum atomic E-state index is -0.877. The van der Waals surface area contributed by atoms with Crippen LogP contribution < -0.4 is 10.6 Å². The number of carbonyl (C=O) groups excluding carboxylic acids is 2. The molecule has 3 aromatic carbocycles. The smallest absolute Gasteiger partial charge is 0.255 e. The van der Waals surface area contributed by atoms with Crippen molar-refractivity contribution in [2.45, 2.75) is 18.3 Å². The van der Waals surface area contributed by atoms with Crippen LogP contribution in [-0.4, -0.2) is 36.7 Å². The zero-order chi connectivity index (χ0) is 24.1. The normalized spacial score (nSPS) is 14.9. The molecule has 0 saturated carbocycles. The highest BCUT2D eigenvalue weighted by molar-refractivity contribution is 6.05. The van der Waals surface area contributed by atoms with Crippen molar-refractivity contribution in [2.75, 3.05) is 25.1 Å². The van der Waals surface area contributed by atoms with Gasteiger partial charge in [-0.2, -0.15) is 0 Å². The highest BCUT2D eigenvalue weighted by Gasteiger charge is 2.35. The predicted octanol–water partition coefficient (Wildman–Crippen LogP) is 4.40. The van der Waals surface area contributed by atoms with Crippen molar-refractivity contribution in [1.82, 2.24) is 5.32 Å². The molecular weight excluding hydrogens is 442 g/mol. The molecule has 176 valence electrons. The van der Waals surface area contributed by atoms with Crippen molar-refractivity contribution in [2.24, 2.45) is 0 Å². The van der Waals surface area contributed by atoms with Crippen LogP contribution in [0.15, 0.2) is 66.7 Å². The SMILES string of the molecule is O=C(Nc1ccc(C(=O)NCC2(c3ccccc3)CCOCC2)c(O)c1)c1cc(F)cc(F)c1. The fourth-order valence-electron chi connectivity index (χ4n) is 4.16. The molecule has 1 aliphatic heterocycles. The van der Waals surface area contributed by atoms with Gasteiger partial charge in [0.25, 0.3) is 11.8 Å². The van der Waals surface area contributed by atoms with Crippen LogP contribution in [-0.2, 0) is 10.2 Å². The lowest BCUT2D eigenvalue weighted by molar-refractivity contribution is 0.0487. The Kier molecular flexibility index (Phi) is 6.88. The zero-order valence-corrected chi connectivity index (χ0v) is 18.3. The number of hydrogen-bond acceptors (Lipinski definition) is 4. The molecule has 6 nitrogen and oxygen atoms in total. The molecule has 1 heterocycles. The van der Waals surface area contributed by atoms with Crippen molar-refractivity contribution in [3.05, 3.63) is 95.1 Å². The van der Waals surface area contributed by atoms with E-state index in [0.29, 0.717) is 25.8 Å². The summed E-state index contributed by atoms with van der Waals surface area (Å²) in [5.41, 5.74) is 0.869. The van der Waals surface area contributed by atoms with E-state index in [4.69, 9.17) is 4.74 Å². The first kappa shape index (κ1) is 23.4. The first-order valence-corrected chi connectivity index (χ1v) is 10.9. The average Bonchev–Trinajstić information content (AvgIpc) is 2.83. The lowest BCUT2D eigenvalue weighted by Crippen LogP contribution is -2.44. The van der Waals surface area contributed by atoms with Gasteiger partial charge in [0.15, 0.2) is 0 Å². The van der Waals surface area contributed by atoms with Crippen LogP contribution in [0.4, 0.5) is 14.5 Å². The molecule has 1 fully saturated rings. The molecule has 0 bridgehead atoms. The van der Waals surface area contributed by atoms with Gasteiger partial charge in [-0.1, -0.05) is 30.3 Å². The minimum Gasteiger partial charge on any atom is -0.507 e. The maximum Gasteiger partial charge on any atom is 0.255 e. The van der Waals surface area contributed by atoms with Gasteiger partial charge >= 0.3 is 0 Å². The van der Waals surface area contributed by atoms with Crippen LogP contribution >= 0.6 is 0 Å². The molecule has 1 aliphatic rings. The second kappa shape index (κ2) is 10.0. The number of amides is 2. The maximum atomic E-state index is 13.4. The molecule has 2 amide bonds. The molecule has 3 N–H and O–H groups in total. The fourth-order valence-corrected chi connectivity index (χ4v) is 4.16. The van der Waals surface area contributed by atoms with Crippen molar-refractivity contribution < 1.29 is 28.2 Å². The van der Waals surface area contributed by atoms with Crippen LogP contribution in [0.25, 0.3) is 0 Å². The molecule has 3 aromatic rings. The summed E-state index contributed by atoms with van der Waals surface area (Å²) in [5, 5.41) is 15.8. The molecule has 1 saturated heterocycles. The van der Waals surface area contributed by atoms with Crippen molar-refractivity contribution >= 4 is 17.5 Å². The molecule has 34 heavy (non-hydrogen) atoms. The molecule has 0 aliphatic carbocycles. The summed E-state index contributed by atoms with van der Waals surface area (Å²) in [5.74, 6) is -3.29. The van der Waals surface area contributed by atoms with Gasteiger partial charge < -0.3 is 20.5 Å². The molecular formula is C26H24F2N2O4. The second-order valence-electron chi connectivity index (χ2n) is 8.29. The Labute approximate surface area is 195 Å². The van der Waals surface area contributed by atoms with E-state index < -0.39 is 23.4 Å². The van der Waals surface area contributed by atoms with Gasteiger partial charge in [0, 0.05) is 48.6 Å². The van der Waals surface area contributed by atoms with E-state index in [1.54, 1.807) is 0 Å². The third-order valence-electron chi connectivity index (χ3n) is 6.05. The number of phenolic OH excluding ortho intramolecular Hbond substituents is 1. The van der Waals surface area contributed by atoms with Gasteiger partial charge in [0.2, 0.25) is 0 Å².